The van der Waals surface area contributed by atoms with Gasteiger partial charge < -0.3 is 0 Å². The summed E-state index contributed by atoms with van der Waals surface area (Å²) in [5.74, 6) is 0.859. The summed E-state index contributed by atoms with van der Waals surface area (Å²) in [6.45, 7) is 6.41. The fraction of sp³-hybridized carbons (Fsp3) is 0.474. The van der Waals surface area contributed by atoms with E-state index in [2.05, 4.69) is 9.57 Å². The second kappa shape index (κ2) is 10.0. The van der Waals surface area contributed by atoms with Crippen LogP contribution >= 0.6 is 0 Å². The molecule has 0 aliphatic carbocycles. The first-order chi connectivity index (χ1) is 12.5. The van der Waals surface area contributed by atoms with E-state index in [1.807, 2.05) is 45.0 Å². The fourth-order valence-corrected chi connectivity index (χ4v) is 3.75. The Hall–Kier alpha value is -1.44. The first kappa shape index (κ1) is 20.9. The van der Waals surface area contributed by atoms with Gasteiger partial charge in [-0.15, -0.1) is 0 Å². The summed E-state index contributed by atoms with van der Waals surface area (Å²) in [6, 6.07) is 7.85. The quantitative estimate of drug-likeness (QED) is 0.516. The van der Waals surface area contributed by atoms with Crippen molar-refractivity contribution in [2.45, 2.75) is 44.4 Å². The van der Waals surface area contributed by atoms with Gasteiger partial charge in [0.15, 0.2) is 0 Å². The average molecular weight is 555 g/mol. The molecule has 1 N–H and O–H groups in total. The number of H-pyrrole nitrogens is 1. The summed E-state index contributed by atoms with van der Waals surface area (Å²) in [7, 11) is 0. The van der Waals surface area contributed by atoms with Crippen LogP contribution in [-0.4, -0.2) is 44.0 Å². The van der Waals surface area contributed by atoms with Gasteiger partial charge in [0.05, 0.1) is 0 Å². The van der Waals surface area contributed by atoms with Crippen LogP contribution < -0.4 is 16.0 Å². The van der Waals surface area contributed by atoms with Gasteiger partial charge in [-0.3, -0.25) is 0 Å². The Kier molecular flexibility index (Phi) is 8.05. The monoisotopic (exact) mass is 555 g/mol. The van der Waals surface area contributed by atoms with Crippen molar-refractivity contribution in [2.75, 3.05) is 10.9 Å². The van der Waals surface area contributed by atoms with Gasteiger partial charge in [-0.05, 0) is 6.92 Å². The van der Waals surface area contributed by atoms with Gasteiger partial charge in [-0.1, -0.05) is 0 Å². The van der Waals surface area contributed by atoms with Gasteiger partial charge >= 0.3 is 159 Å². The molecule has 0 atom stereocenters. The SMILES string of the molecule is CCOCn1c(Cc2ccc(O[CH2][Po][CH3])cc2)c(C(C)C)c(=O)[nH]c1=O. The van der Waals surface area contributed by atoms with E-state index in [1.54, 1.807) is 0 Å². The number of nitrogens with one attached hydrogen (secondary N) is 1. The van der Waals surface area contributed by atoms with Crippen LogP contribution in [-0.2, 0) is 17.9 Å². The van der Waals surface area contributed by atoms with Crippen LogP contribution in [0, 0.1) is 0 Å². The second-order valence-electron chi connectivity index (χ2n) is 6.20. The molecule has 0 fully saturated rings. The molecule has 0 amide bonds. The molecule has 1 heterocycles. The van der Waals surface area contributed by atoms with E-state index >= 15 is 0 Å². The normalized spacial score (nSPS) is 11.1. The number of hydrogen-bond acceptors (Lipinski definition) is 4. The van der Waals surface area contributed by atoms with E-state index in [-0.39, 0.29) is 41.8 Å². The zero-order chi connectivity index (χ0) is 19.1. The van der Waals surface area contributed by atoms with E-state index in [0.717, 1.165) is 15.6 Å². The number of aromatic nitrogens is 2. The van der Waals surface area contributed by atoms with Crippen LogP contribution in [0.15, 0.2) is 33.9 Å². The molecule has 26 heavy (non-hydrogen) atoms. The molecule has 0 bridgehead atoms. The predicted molar refractivity (Wildman–Crippen MR) is 103 cm³/mol. The van der Waals surface area contributed by atoms with Crippen LogP contribution in [0.25, 0.3) is 0 Å². The van der Waals surface area contributed by atoms with Crippen molar-refractivity contribution in [1.82, 2.24) is 9.55 Å². The van der Waals surface area contributed by atoms with Gasteiger partial charge in [0, 0.05) is 0 Å². The molecule has 0 spiro atoms. The molecule has 0 saturated heterocycles. The number of hydrogen-bond donors (Lipinski definition) is 1. The van der Waals surface area contributed by atoms with Crippen molar-refractivity contribution in [3.05, 3.63) is 61.9 Å². The Labute approximate surface area is 165 Å². The third-order valence-corrected chi connectivity index (χ3v) is 5.36. The summed E-state index contributed by atoms with van der Waals surface area (Å²) >= 11 is -0.354. The van der Waals surface area contributed by atoms with Crippen molar-refractivity contribution in [1.29, 1.82) is 0 Å². The Morgan fingerprint density at radius 1 is 1.19 bits per heavy atom. The van der Waals surface area contributed by atoms with Gasteiger partial charge in [0.2, 0.25) is 0 Å². The van der Waals surface area contributed by atoms with Gasteiger partial charge in [0.1, 0.15) is 0 Å². The number of nitrogens with zero attached hydrogens (tertiary/aromatic N) is 1. The van der Waals surface area contributed by atoms with E-state index in [1.165, 1.54) is 4.57 Å². The van der Waals surface area contributed by atoms with Crippen LogP contribution in [0.2, 0.25) is 4.58 Å². The molecule has 0 aliphatic heterocycles. The summed E-state index contributed by atoms with van der Waals surface area (Å²) < 4.78 is 15.7. The van der Waals surface area contributed by atoms with Crippen molar-refractivity contribution >= 4 is 23.6 Å². The van der Waals surface area contributed by atoms with Crippen LogP contribution in [0.1, 0.15) is 43.5 Å². The Morgan fingerprint density at radius 2 is 1.88 bits per heavy atom. The number of ether oxygens (including phenoxy) is 2. The fourth-order valence-electron chi connectivity index (χ4n) is 2.76. The molecular formula is C19H26N2O4Po. The van der Waals surface area contributed by atoms with Crippen molar-refractivity contribution in [2.24, 2.45) is 0 Å². The molecule has 2 rings (SSSR count). The van der Waals surface area contributed by atoms with E-state index in [0.29, 0.717) is 24.3 Å². The second-order valence-corrected chi connectivity index (χ2v) is 9.36. The van der Waals surface area contributed by atoms with Crippen LogP contribution in [0.5, 0.6) is 5.75 Å². The molecular weight excluding hydrogens is 529 g/mol. The summed E-state index contributed by atoms with van der Waals surface area (Å²) in [5, 5.41) is 0. The minimum atomic E-state index is -0.434. The number of rotatable bonds is 9. The molecule has 0 aliphatic rings. The Balaban J connectivity index is 2.42. The molecule has 142 valence electrons. The molecule has 1 aromatic heterocycles. The maximum absolute atomic E-state index is 12.4. The Morgan fingerprint density at radius 3 is 2.46 bits per heavy atom. The predicted octanol–water partition coefficient (Wildman–Crippen LogP) is 2.33. The maximum atomic E-state index is 12.4. The first-order valence-electron chi connectivity index (χ1n) is 8.62. The molecule has 2 aromatic rings. The molecule has 6 nitrogen and oxygen atoms in total. The molecule has 0 saturated carbocycles. The summed E-state index contributed by atoms with van der Waals surface area (Å²) in [6.07, 6.45) is 0.490. The van der Waals surface area contributed by atoms with Crippen molar-refractivity contribution in [3.63, 3.8) is 0 Å². The Bertz CT molecular complexity index is 825. The average Bonchev–Trinajstić information content (AvgIpc) is 2.60. The van der Waals surface area contributed by atoms with E-state index < -0.39 is 5.69 Å². The summed E-state index contributed by atoms with van der Waals surface area (Å²) in [5.41, 5.74) is 1.60. The molecule has 1 aromatic carbocycles. The zero-order valence-corrected chi connectivity index (χ0v) is 18.9. The number of aromatic amines is 1. The third-order valence-electron chi connectivity index (χ3n) is 3.99. The van der Waals surface area contributed by atoms with Gasteiger partial charge in [-0.2, -0.15) is 0 Å². The van der Waals surface area contributed by atoms with Gasteiger partial charge in [-0.25, -0.2) is 0 Å². The van der Waals surface area contributed by atoms with Gasteiger partial charge in [0.25, 0.3) is 0 Å². The van der Waals surface area contributed by atoms with Crippen molar-refractivity contribution < 1.29 is 9.47 Å². The summed E-state index contributed by atoms with van der Waals surface area (Å²) in [4.78, 5) is 27.1. The molecule has 0 radical (unpaired) electrons. The molecule has 0 unspecified atom stereocenters. The van der Waals surface area contributed by atoms with Crippen molar-refractivity contribution in [3.8, 4) is 5.75 Å². The van der Waals surface area contributed by atoms with E-state index in [9.17, 15) is 9.59 Å². The first-order valence-corrected chi connectivity index (χ1v) is 14.0. The third kappa shape index (κ3) is 5.28. The topological polar surface area (TPSA) is 73.3 Å². The van der Waals surface area contributed by atoms with E-state index in [4.69, 9.17) is 9.47 Å². The standard InChI is InChI=1S/C18H23N2O4.CH3.Po/c1-5-24-11-20-15(10-13-6-8-14(23-4)9-7-13)16(12(2)3)17(21)19-18(20)22;;/h6-9,12H,4-5,10-11H2,1-3H3,(H,19,21,22);1H3;. The zero-order valence-electron chi connectivity index (χ0n) is 15.7. The minimum absolute atomic E-state index is 0.000313. The number of benzene rings is 1. The van der Waals surface area contributed by atoms with Crippen LogP contribution in [0.3, 0.4) is 0 Å². The molecule has 7 heteroatoms. The van der Waals surface area contributed by atoms with Crippen LogP contribution in [0.4, 0.5) is 0 Å².